The lowest BCUT2D eigenvalue weighted by atomic mass is 9.96. The van der Waals surface area contributed by atoms with Crippen LogP contribution in [0.1, 0.15) is 44.2 Å². The minimum Gasteiger partial charge on any atom is -0.508 e. The summed E-state index contributed by atoms with van der Waals surface area (Å²) in [6.45, 7) is 3.45. The summed E-state index contributed by atoms with van der Waals surface area (Å²) in [7, 11) is 0. The first-order chi connectivity index (χ1) is 19.8. The molecule has 0 spiro atoms. The highest BCUT2D eigenvalue weighted by atomic mass is 16.4. The van der Waals surface area contributed by atoms with Crippen molar-refractivity contribution in [2.24, 2.45) is 11.7 Å². The van der Waals surface area contributed by atoms with Gasteiger partial charge in [0, 0.05) is 12.8 Å². The Labute approximate surface area is 243 Å². The summed E-state index contributed by atoms with van der Waals surface area (Å²) < 4.78 is 0. The molecule has 228 valence electrons. The lowest BCUT2D eigenvalue weighted by Gasteiger charge is -2.28. The first-order valence-corrected chi connectivity index (χ1v) is 13.5. The number of carbonyl (C=O) groups is 5. The van der Waals surface area contributed by atoms with Crippen molar-refractivity contribution in [1.29, 1.82) is 0 Å². The Hall–Kier alpha value is -4.65. The molecule has 2 rings (SSSR count). The number of hydrogen-bond acceptors (Lipinski definition) is 8. The van der Waals surface area contributed by atoms with Gasteiger partial charge in [0.05, 0.1) is 6.04 Å². The van der Waals surface area contributed by atoms with E-state index in [0.717, 1.165) is 0 Å². The maximum absolute atomic E-state index is 13.3. The zero-order chi connectivity index (χ0) is 31.4. The van der Waals surface area contributed by atoms with Gasteiger partial charge >= 0.3 is 11.9 Å². The monoisotopic (exact) mass is 586 g/mol. The van der Waals surface area contributed by atoms with Gasteiger partial charge in [-0.1, -0.05) is 44.5 Å². The second kappa shape index (κ2) is 16.0. The number of aromatic hydroxyl groups is 2. The summed E-state index contributed by atoms with van der Waals surface area (Å²) in [6.07, 6.45) is -0.322. The quantitative estimate of drug-likeness (QED) is 0.137. The van der Waals surface area contributed by atoms with Crippen molar-refractivity contribution in [2.45, 2.75) is 70.1 Å². The number of amides is 3. The SMILES string of the molecule is CCC(C)C(NC(=O)C(CCC(=O)O)NC(=O)C(N)Cc1ccc(O)cc1)C(=O)NC(Cc1ccc(O)cc1)C(=O)O. The van der Waals surface area contributed by atoms with Crippen LogP contribution in [0, 0.1) is 5.92 Å². The molecule has 0 aliphatic heterocycles. The van der Waals surface area contributed by atoms with E-state index in [4.69, 9.17) is 10.8 Å². The molecule has 13 nitrogen and oxygen atoms in total. The zero-order valence-corrected chi connectivity index (χ0v) is 23.4. The van der Waals surface area contributed by atoms with Gasteiger partial charge in [-0.25, -0.2) is 4.79 Å². The number of rotatable bonds is 16. The summed E-state index contributed by atoms with van der Waals surface area (Å²) in [5.74, 6) is -5.24. The number of benzene rings is 2. The number of nitrogens with two attached hydrogens (primary N) is 1. The van der Waals surface area contributed by atoms with E-state index in [-0.39, 0.29) is 30.8 Å². The Morgan fingerprint density at radius 3 is 1.71 bits per heavy atom. The van der Waals surface area contributed by atoms with E-state index >= 15 is 0 Å². The third-order valence-electron chi connectivity index (χ3n) is 6.79. The Kier molecular flexibility index (Phi) is 12.8. The first kappa shape index (κ1) is 33.6. The predicted octanol–water partition coefficient (Wildman–Crippen LogP) is 0.660. The molecule has 0 radical (unpaired) electrons. The second-order valence-electron chi connectivity index (χ2n) is 10.1. The standard InChI is InChI=1S/C29H38N4O9/c1-3-16(2)25(28(40)32-23(29(41)42)15-18-6-10-20(35)11-7-18)33-27(39)22(12-13-24(36)37)31-26(38)21(30)14-17-4-8-19(34)9-5-17/h4-11,16,21-23,25,34-35H,3,12-15,30H2,1-2H3,(H,31,38)(H,32,40)(H,33,39)(H,36,37)(H,41,42). The highest BCUT2D eigenvalue weighted by Crippen LogP contribution is 2.14. The molecular formula is C29H38N4O9. The molecule has 0 heterocycles. The fourth-order valence-electron chi connectivity index (χ4n) is 4.08. The third-order valence-corrected chi connectivity index (χ3v) is 6.79. The van der Waals surface area contributed by atoms with Gasteiger partial charge in [0.2, 0.25) is 17.7 Å². The normalized spacial score (nSPS) is 14.5. The molecule has 0 saturated carbocycles. The average Bonchev–Trinajstić information content (AvgIpc) is 2.94. The number of nitrogens with one attached hydrogen (secondary N) is 3. The smallest absolute Gasteiger partial charge is 0.326 e. The van der Waals surface area contributed by atoms with Gasteiger partial charge in [-0.15, -0.1) is 0 Å². The minimum absolute atomic E-state index is 0.0000561. The summed E-state index contributed by atoms with van der Waals surface area (Å²) >= 11 is 0. The second-order valence-corrected chi connectivity index (χ2v) is 10.1. The summed E-state index contributed by atoms with van der Waals surface area (Å²) in [5, 5.41) is 45.2. The van der Waals surface area contributed by atoms with Crippen molar-refractivity contribution in [1.82, 2.24) is 16.0 Å². The van der Waals surface area contributed by atoms with E-state index < -0.39 is 66.2 Å². The van der Waals surface area contributed by atoms with Crippen molar-refractivity contribution < 1.29 is 44.4 Å². The summed E-state index contributed by atoms with van der Waals surface area (Å²) in [6, 6.07) is 6.88. The maximum Gasteiger partial charge on any atom is 0.326 e. The van der Waals surface area contributed by atoms with Crippen molar-refractivity contribution >= 4 is 29.7 Å². The Balaban J connectivity index is 2.16. The van der Waals surface area contributed by atoms with Crippen molar-refractivity contribution in [2.75, 3.05) is 0 Å². The van der Waals surface area contributed by atoms with Crippen molar-refractivity contribution in [3.8, 4) is 11.5 Å². The molecule has 13 heteroatoms. The maximum atomic E-state index is 13.3. The number of phenols is 2. The average molecular weight is 587 g/mol. The molecule has 5 atom stereocenters. The van der Waals surface area contributed by atoms with Crippen LogP contribution in [-0.4, -0.2) is 74.3 Å². The largest absolute Gasteiger partial charge is 0.508 e. The Bertz CT molecular complexity index is 1230. The van der Waals surface area contributed by atoms with Crippen LogP contribution in [-0.2, 0) is 36.8 Å². The Morgan fingerprint density at radius 1 is 0.738 bits per heavy atom. The van der Waals surface area contributed by atoms with E-state index in [2.05, 4.69) is 16.0 Å². The van der Waals surface area contributed by atoms with Crippen molar-refractivity contribution in [3.63, 3.8) is 0 Å². The number of carboxylic acids is 2. The molecule has 0 aliphatic rings. The van der Waals surface area contributed by atoms with Gasteiger partial charge in [0.25, 0.3) is 0 Å². The molecule has 2 aromatic carbocycles. The predicted molar refractivity (Wildman–Crippen MR) is 151 cm³/mol. The van der Waals surface area contributed by atoms with Gasteiger partial charge in [-0.2, -0.15) is 0 Å². The third kappa shape index (κ3) is 10.7. The minimum atomic E-state index is -1.34. The van der Waals surface area contributed by atoms with Crippen LogP contribution in [0.15, 0.2) is 48.5 Å². The van der Waals surface area contributed by atoms with Crippen LogP contribution < -0.4 is 21.7 Å². The van der Waals surface area contributed by atoms with Gasteiger partial charge in [0.15, 0.2) is 0 Å². The molecule has 42 heavy (non-hydrogen) atoms. The summed E-state index contributed by atoms with van der Waals surface area (Å²) in [5.41, 5.74) is 7.20. The molecule has 5 unspecified atom stereocenters. The van der Waals surface area contributed by atoms with E-state index in [1.165, 1.54) is 36.4 Å². The zero-order valence-electron chi connectivity index (χ0n) is 23.4. The summed E-state index contributed by atoms with van der Waals surface area (Å²) in [4.78, 5) is 62.5. The molecule has 0 saturated heterocycles. The number of carbonyl (C=O) groups excluding carboxylic acids is 3. The van der Waals surface area contributed by atoms with Gasteiger partial charge in [0.1, 0.15) is 29.6 Å². The highest BCUT2D eigenvalue weighted by Gasteiger charge is 2.33. The number of hydrogen-bond donors (Lipinski definition) is 8. The molecule has 2 aromatic rings. The lowest BCUT2D eigenvalue weighted by Crippen LogP contribution is -2.59. The van der Waals surface area contributed by atoms with Crippen LogP contribution in [0.4, 0.5) is 0 Å². The Morgan fingerprint density at radius 2 is 1.24 bits per heavy atom. The number of aliphatic carboxylic acids is 2. The van der Waals surface area contributed by atoms with E-state index in [9.17, 15) is 39.3 Å². The van der Waals surface area contributed by atoms with Crippen LogP contribution in [0.5, 0.6) is 11.5 Å². The van der Waals surface area contributed by atoms with Gasteiger partial charge in [-0.3, -0.25) is 19.2 Å². The fraction of sp³-hybridized carbons (Fsp3) is 0.414. The molecular weight excluding hydrogens is 548 g/mol. The molecule has 3 amide bonds. The van der Waals surface area contributed by atoms with Gasteiger partial charge < -0.3 is 42.1 Å². The van der Waals surface area contributed by atoms with E-state index in [0.29, 0.717) is 17.5 Å². The lowest BCUT2D eigenvalue weighted by molar-refractivity contribution is -0.142. The van der Waals surface area contributed by atoms with E-state index in [1.54, 1.807) is 26.0 Å². The highest BCUT2D eigenvalue weighted by molar-refractivity contribution is 5.94. The molecule has 0 bridgehead atoms. The molecule has 9 N–H and O–H groups in total. The van der Waals surface area contributed by atoms with Gasteiger partial charge in [-0.05, 0) is 54.2 Å². The fourth-order valence-corrected chi connectivity index (χ4v) is 4.08. The molecule has 0 aromatic heterocycles. The van der Waals surface area contributed by atoms with E-state index in [1.807, 2.05) is 0 Å². The topological polar surface area (TPSA) is 228 Å². The molecule has 0 aliphatic carbocycles. The van der Waals surface area contributed by atoms with Crippen LogP contribution in [0.2, 0.25) is 0 Å². The first-order valence-electron chi connectivity index (χ1n) is 13.5. The van der Waals surface area contributed by atoms with Crippen LogP contribution >= 0.6 is 0 Å². The van der Waals surface area contributed by atoms with Crippen molar-refractivity contribution in [3.05, 3.63) is 59.7 Å². The number of phenolic OH excluding ortho intramolecular Hbond substituents is 2. The van der Waals surface area contributed by atoms with Crippen LogP contribution in [0.3, 0.4) is 0 Å². The number of carboxylic acid groups (broad SMARTS) is 2. The van der Waals surface area contributed by atoms with Crippen LogP contribution in [0.25, 0.3) is 0 Å². The molecule has 0 fully saturated rings.